The topological polar surface area (TPSA) is 89.7 Å². The van der Waals surface area contributed by atoms with Crippen molar-refractivity contribution in [3.05, 3.63) is 93.2 Å². The number of ether oxygens (including phenoxy) is 1. The number of allylic oxidation sites excluding steroid dienone is 1. The molecule has 0 saturated heterocycles. The lowest BCUT2D eigenvalue weighted by molar-refractivity contribution is -0.384. The molecule has 0 fully saturated rings. The number of hydrogen-bond donors (Lipinski definition) is 1. The number of benzene rings is 2. The van der Waals surface area contributed by atoms with Crippen molar-refractivity contribution in [2.45, 2.75) is 58.0 Å². The maximum Gasteiger partial charge on any atom is 0.342 e. The second kappa shape index (κ2) is 10.3. The van der Waals surface area contributed by atoms with Gasteiger partial charge in [0.15, 0.2) is 0 Å². The van der Waals surface area contributed by atoms with Crippen molar-refractivity contribution in [1.82, 2.24) is 0 Å². The van der Waals surface area contributed by atoms with Gasteiger partial charge in [0.05, 0.1) is 4.92 Å². The molecule has 0 amide bonds. The van der Waals surface area contributed by atoms with Crippen LogP contribution in [-0.2, 0) is 16.0 Å². The van der Waals surface area contributed by atoms with Crippen LogP contribution in [0.2, 0.25) is 0 Å². The molecular formula is C26H29NO5. The molecule has 1 atom stereocenters. The second-order valence-electron chi connectivity index (χ2n) is 8.17. The number of aryl methyl sites for hydroxylation is 1. The molecular weight excluding hydrogens is 406 g/mol. The Kier molecular flexibility index (Phi) is 7.46. The summed E-state index contributed by atoms with van der Waals surface area (Å²) in [7, 11) is 0. The first-order chi connectivity index (χ1) is 15.4. The fourth-order valence-corrected chi connectivity index (χ4v) is 4.42. The van der Waals surface area contributed by atoms with Crippen LogP contribution in [0.3, 0.4) is 0 Å². The third-order valence-electron chi connectivity index (χ3n) is 5.86. The zero-order valence-electron chi connectivity index (χ0n) is 18.5. The van der Waals surface area contributed by atoms with E-state index in [9.17, 15) is 20.0 Å². The van der Waals surface area contributed by atoms with Gasteiger partial charge in [-0.3, -0.25) is 10.1 Å². The van der Waals surface area contributed by atoms with Crippen LogP contribution in [-0.4, -0.2) is 21.6 Å². The molecule has 1 aliphatic heterocycles. The minimum absolute atomic E-state index is 0.0194. The molecule has 0 saturated carbocycles. The van der Waals surface area contributed by atoms with Crippen LogP contribution in [0.5, 0.6) is 0 Å². The van der Waals surface area contributed by atoms with Crippen LogP contribution in [0.25, 0.3) is 5.57 Å². The van der Waals surface area contributed by atoms with Crippen molar-refractivity contribution >= 4 is 17.2 Å². The highest BCUT2D eigenvalue weighted by molar-refractivity contribution is 6.07. The Hall–Kier alpha value is -3.41. The van der Waals surface area contributed by atoms with Crippen LogP contribution in [0, 0.1) is 10.1 Å². The minimum Gasteiger partial charge on any atom is -0.511 e. The fourth-order valence-electron chi connectivity index (χ4n) is 4.42. The second-order valence-corrected chi connectivity index (χ2v) is 8.17. The summed E-state index contributed by atoms with van der Waals surface area (Å²) >= 11 is 0. The summed E-state index contributed by atoms with van der Waals surface area (Å²) in [6, 6.07) is 16.2. The number of esters is 1. The van der Waals surface area contributed by atoms with E-state index in [1.165, 1.54) is 17.7 Å². The standard InChI is InChI=1S/C26H29NO5/c1-3-15-26(16-9-12-19-10-6-5-7-11-19)18-23(28)24(25(29)32-26)22(4-2)20-13-8-14-21(17-20)27(30)31/h4-8,10-11,13-14,17,28H,3,9,12,15-16,18H2,1-2H3/b22-4-/t26-/m1/s1. The van der Waals surface area contributed by atoms with Gasteiger partial charge >= 0.3 is 5.97 Å². The number of cyclic esters (lactones) is 1. The van der Waals surface area contributed by atoms with Crippen molar-refractivity contribution < 1.29 is 19.6 Å². The SMILES string of the molecule is C/C=C(\C1=C(O)C[C@@](CCC)(CCCc2ccccc2)OC1=O)c1cccc([N+](=O)[O-])c1. The number of carbonyl (C=O) groups is 1. The van der Waals surface area contributed by atoms with E-state index in [0.717, 1.165) is 19.3 Å². The van der Waals surface area contributed by atoms with E-state index in [1.54, 1.807) is 25.1 Å². The molecule has 0 bridgehead atoms. The number of rotatable bonds is 9. The molecule has 6 nitrogen and oxygen atoms in total. The van der Waals surface area contributed by atoms with Gasteiger partial charge in [-0.1, -0.05) is 61.9 Å². The molecule has 1 heterocycles. The van der Waals surface area contributed by atoms with Crippen LogP contribution < -0.4 is 0 Å². The maximum absolute atomic E-state index is 13.1. The quantitative estimate of drug-likeness (QED) is 0.283. The largest absolute Gasteiger partial charge is 0.511 e. The van der Waals surface area contributed by atoms with Gasteiger partial charge in [-0.15, -0.1) is 0 Å². The maximum atomic E-state index is 13.1. The average Bonchev–Trinajstić information content (AvgIpc) is 2.77. The van der Waals surface area contributed by atoms with Gasteiger partial charge < -0.3 is 9.84 Å². The smallest absolute Gasteiger partial charge is 0.342 e. The summed E-state index contributed by atoms with van der Waals surface area (Å²) in [6.07, 6.45) is 5.75. The molecule has 0 aromatic heterocycles. The zero-order valence-corrected chi connectivity index (χ0v) is 18.5. The highest BCUT2D eigenvalue weighted by Crippen LogP contribution is 2.41. The molecule has 1 N–H and O–H groups in total. The molecule has 3 rings (SSSR count). The summed E-state index contributed by atoms with van der Waals surface area (Å²) in [4.78, 5) is 23.8. The highest BCUT2D eigenvalue weighted by atomic mass is 16.6. The lowest BCUT2D eigenvalue weighted by atomic mass is 9.82. The summed E-state index contributed by atoms with van der Waals surface area (Å²) in [6.45, 7) is 3.76. The number of nitrogens with zero attached hydrogens (tertiary/aromatic N) is 1. The number of hydrogen-bond acceptors (Lipinski definition) is 5. The Morgan fingerprint density at radius 1 is 1.19 bits per heavy atom. The average molecular weight is 436 g/mol. The van der Waals surface area contributed by atoms with Crippen LogP contribution in [0.1, 0.15) is 57.1 Å². The number of nitro groups is 1. The van der Waals surface area contributed by atoms with Crippen molar-refractivity contribution in [2.75, 3.05) is 0 Å². The normalized spacial score (nSPS) is 19.1. The van der Waals surface area contributed by atoms with Gasteiger partial charge in [-0.2, -0.15) is 0 Å². The van der Waals surface area contributed by atoms with Gasteiger partial charge in [0, 0.05) is 18.6 Å². The number of non-ortho nitro benzene ring substituents is 1. The van der Waals surface area contributed by atoms with Crippen LogP contribution >= 0.6 is 0 Å². The van der Waals surface area contributed by atoms with E-state index >= 15 is 0 Å². The van der Waals surface area contributed by atoms with E-state index in [0.29, 0.717) is 24.0 Å². The summed E-state index contributed by atoms with van der Waals surface area (Å²) in [5, 5.41) is 22.1. The number of aliphatic hydroxyl groups is 1. The van der Waals surface area contributed by atoms with Crippen molar-refractivity contribution in [1.29, 1.82) is 0 Å². The Labute approximate surface area is 188 Å². The Balaban J connectivity index is 1.85. The molecule has 6 heteroatoms. The van der Waals surface area contributed by atoms with Crippen molar-refractivity contribution in [3.8, 4) is 0 Å². The summed E-state index contributed by atoms with van der Waals surface area (Å²) < 4.78 is 5.99. The first-order valence-corrected chi connectivity index (χ1v) is 11.0. The zero-order chi connectivity index (χ0) is 23.1. The third-order valence-corrected chi connectivity index (χ3v) is 5.86. The summed E-state index contributed by atoms with van der Waals surface area (Å²) in [5.41, 5.74) is 1.42. The lowest BCUT2D eigenvalue weighted by Gasteiger charge is -2.37. The van der Waals surface area contributed by atoms with E-state index in [-0.39, 0.29) is 23.4 Å². The van der Waals surface area contributed by atoms with Crippen LogP contribution in [0.15, 0.2) is 72.0 Å². The van der Waals surface area contributed by atoms with Gasteiger partial charge in [0.1, 0.15) is 16.9 Å². The van der Waals surface area contributed by atoms with E-state index in [4.69, 9.17) is 4.74 Å². The lowest BCUT2D eigenvalue weighted by Crippen LogP contribution is -2.40. The minimum atomic E-state index is -0.740. The third kappa shape index (κ3) is 5.25. The van der Waals surface area contributed by atoms with Gasteiger partial charge in [-0.25, -0.2) is 4.79 Å². The predicted octanol–water partition coefficient (Wildman–Crippen LogP) is 6.32. The van der Waals surface area contributed by atoms with Gasteiger partial charge in [0.2, 0.25) is 0 Å². The molecule has 2 aromatic carbocycles. The Morgan fingerprint density at radius 2 is 1.94 bits per heavy atom. The van der Waals surface area contributed by atoms with E-state index in [2.05, 4.69) is 12.1 Å². The van der Waals surface area contributed by atoms with Gasteiger partial charge in [0.25, 0.3) is 5.69 Å². The molecule has 0 spiro atoms. The number of nitro benzene ring substituents is 1. The molecule has 0 radical (unpaired) electrons. The molecule has 32 heavy (non-hydrogen) atoms. The number of aliphatic hydroxyl groups excluding tert-OH is 1. The molecule has 0 unspecified atom stereocenters. The first-order valence-electron chi connectivity index (χ1n) is 11.0. The molecule has 168 valence electrons. The van der Waals surface area contributed by atoms with E-state index in [1.807, 2.05) is 25.1 Å². The predicted molar refractivity (Wildman–Crippen MR) is 124 cm³/mol. The first kappa shape index (κ1) is 23.3. The highest BCUT2D eigenvalue weighted by Gasteiger charge is 2.42. The Morgan fingerprint density at radius 3 is 2.56 bits per heavy atom. The van der Waals surface area contributed by atoms with Crippen molar-refractivity contribution in [3.63, 3.8) is 0 Å². The fraction of sp³-hybridized carbons (Fsp3) is 0.346. The van der Waals surface area contributed by atoms with Gasteiger partial charge in [-0.05, 0) is 49.3 Å². The Bertz CT molecular complexity index is 1040. The van der Waals surface area contributed by atoms with Crippen LogP contribution in [0.4, 0.5) is 5.69 Å². The number of carbonyl (C=O) groups excluding carboxylic acids is 1. The molecule has 1 aliphatic rings. The molecule has 2 aromatic rings. The summed E-state index contributed by atoms with van der Waals surface area (Å²) in [5.74, 6) is -0.601. The van der Waals surface area contributed by atoms with E-state index < -0.39 is 16.5 Å². The van der Waals surface area contributed by atoms with Crippen molar-refractivity contribution in [2.24, 2.45) is 0 Å². The monoisotopic (exact) mass is 435 g/mol. The molecule has 0 aliphatic carbocycles.